The summed E-state index contributed by atoms with van der Waals surface area (Å²) in [6.45, 7) is 26.5. The fraction of sp³-hybridized carbons (Fsp3) is 0.205. The van der Waals surface area contributed by atoms with Crippen molar-refractivity contribution in [1.82, 2.24) is 28.7 Å². The van der Waals surface area contributed by atoms with E-state index in [1.807, 2.05) is 0 Å². The molecule has 0 saturated carbocycles. The van der Waals surface area contributed by atoms with Crippen molar-refractivity contribution in [3.63, 3.8) is 0 Å². The van der Waals surface area contributed by atoms with Crippen molar-refractivity contribution in [2.75, 3.05) is 0 Å². The van der Waals surface area contributed by atoms with Gasteiger partial charge in [-0.3, -0.25) is 0 Å². The number of fused-ring (bicyclic) bond motifs is 6. The monoisotopic (exact) mass is 1300 g/mol. The van der Waals surface area contributed by atoms with Gasteiger partial charge >= 0.3 is 0 Å². The molecule has 6 heterocycles. The summed E-state index contributed by atoms with van der Waals surface area (Å²) in [5.41, 5.74) is 30.6. The Labute approximate surface area is 568 Å². The number of hydrogen-bond acceptors (Lipinski definition) is 6. The number of rotatable bonds is 7. The predicted molar refractivity (Wildman–Crippen MR) is 401 cm³/mol. The third kappa shape index (κ3) is 11.0. The smallest absolute Gasteiger partial charge is 0.236 e. The summed E-state index contributed by atoms with van der Waals surface area (Å²) in [7, 11) is 8.62. The highest BCUT2D eigenvalue weighted by Gasteiger charge is 2.34. The molecule has 16 rings (SSSR count). The Morgan fingerprint density at radius 1 is 0.337 bits per heavy atom. The fourth-order valence-electron chi connectivity index (χ4n) is 14.3. The van der Waals surface area contributed by atoms with Crippen molar-refractivity contribution in [3.8, 4) is 71.6 Å². The quantitative estimate of drug-likeness (QED) is 0.149. The summed E-state index contributed by atoms with van der Waals surface area (Å²) in [5.74, 6) is 3.58. The molecular weight excluding hydrogens is 1220 g/mol. The number of aromatic nitrogens is 9. The Morgan fingerprint density at radius 2 is 0.663 bits per heavy atom. The van der Waals surface area contributed by atoms with Crippen LogP contribution in [0, 0.1) is 62.3 Å². The number of para-hydroxylation sites is 7. The molecular formula is C83H80N9S3+3. The van der Waals surface area contributed by atoms with Crippen LogP contribution in [0.3, 0.4) is 0 Å². The fourth-order valence-corrected chi connectivity index (χ4v) is 18.0. The van der Waals surface area contributed by atoms with E-state index in [1.54, 1.807) is 34.0 Å². The zero-order valence-electron chi connectivity index (χ0n) is 57.2. The molecule has 0 aliphatic carbocycles. The van der Waals surface area contributed by atoms with E-state index in [0.717, 1.165) is 43.1 Å². The van der Waals surface area contributed by atoms with Gasteiger partial charge in [0.1, 0.15) is 26.2 Å². The normalized spacial score (nSPS) is 11.8. The minimum Gasteiger partial charge on any atom is -0.236 e. The molecule has 0 saturated heterocycles. The molecule has 6 aromatic heterocycles. The second-order valence-corrected chi connectivity index (χ2v) is 29.7. The summed E-state index contributed by atoms with van der Waals surface area (Å²) in [6, 6.07) is 69.5. The summed E-state index contributed by atoms with van der Waals surface area (Å²) in [5, 5.41) is 3.30. The highest BCUT2D eigenvalue weighted by molar-refractivity contribution is 7.22. The van der Waals surface area contributed by atoms with Gasteiger partial charge in [0.05, 0.1) is 75.5 Å². The molecule has 0 atom stereocenters. The standard InChI is InChI=1S/C30H26N3S.C28H30N3S.C25H24N3S/c1-19-11-10-12-20(2)28(19)29-31-24-18-23(21(3)17-27(24)34-29)30-32(4)25-15-8-9-16-26(25)33(30)22-13-6-5-7-14-22;1-17-11-10-12-18(2)25(17)26-29-21-16-20(19(3)15-24(21)32-26)27-30(7)22-13-8-9-14-23(22)31(27)28(4,5)6;1-15-9-8-10-16(2)23(15)24-26-19-14-18(17(3)13-22(19)29-24)25-27(4)20-11-6-7-12-21(20)28(25)5/h5-18H,1-4H3;8-16H,1-7H3;6-14H,1-5H3/q3*+1. The predicted octanol–water partition coefficient (Wildman–Crippen LogP) is 20.3. The lowest BCUT2D eigenvalue weighted by Gasteiger charge is -2.19. The highest BCUT2D eigenvalue weighted by Crippen LogP contribution is 2.42. The van der Waals surface area contributed by atoms with Gasteiger partial charge in [0.25, 0.3) is 17.5 Å². The first-order valence-electron chi connectivity index (χ1n) is 32.6. The minimum atomic E-state index is -0.0525. The van der Waals surface area contributed by atoms with Crippen molar-refractivity contribution in [3.05, 3.63) is 244 Å². The first-order chi connectivity index (χ1) is 45.6. The third-order valence-corrected chi connectivity index (χ3v) is 22.1. The maximum absolute atomic E-state index is 5.12. The van der Waals surface area contributed by atoms with Crippen LogP contribution in [0.5, 0.6) is 0 Å². The van der Waals surface area contributed by atoms with Gasteiger partial charge in [0, 0.05) is 16.7 Å². The van der Waals surface area contributed by atoms with Gasteiger partial charge in [-0.1, -0.05) is 109 Å². The van der Waals surface area contributed by atoms with Crippen molar-refractivity contribution < 1.29 is 13.7 Å². The van der Waals surface area contributed by atoms with Crippen molar-refractivity contribution in [2.24, 2.45) is 28.2 Å². The van der Waals surface area contributed by atoms with Crippen LogP contribution in [0.2, 0.25) is 0 Å². The summed E-state index contributed by atoms with van der Waals surface area (Å²) in [4.78, 5) is 15.3. The lowest BCUT2D eigenvalue weighted by Crippen LogP contribution is -2.33. The molecule has 0 radical (unpaired) electrons. The van der Waals surface area contributed by atoms with E-state index in [9.17, 15) is 0 Å². The van der Waals surface area contributed by atoms with Crippen molar-refractivity contribution in [2.45, 2.75) is 88.6 Å². The number of hydrogen-bond donors (Lipinski definition) is 0. The number of nitrogens with zero attached hydrogens (tertiary/aromatic N) is 9. The summed E-state index contributed by atoms with van der Waals surface area (Å²) in [6.07, 6.45) is 0. The Hall–Kier alpha value is -9.72. The molecule has 95 heavy (non-hydrogen) atoms. The molecule has 0 spiro atoms. The van der Waals surface area contributed by atoms with E-state index in [-0.39, 0.29) is 5.54 Å². The molecule has 12 heteroatoms. The first-order valence-corrected chi connectivity index (χ1v) is 35.0. The van der Waals surface area contributed by atoms with Gasteiger partial charge in [0.15, 0.2) is 33.1 Å². The van der Waals surface area contributed by atoms with Crippen LogP contribution in [-0.4, -0.2) is 28.7 Å². The van der Waals surface area contributed by atoms with Crippen LogP contribution in [-0.2, 0) is 33.7 Å². The molecule has 0 bridgehead atoms. The van der Waals surface area contributed by atoms with E-state index in [0.29, 0.717) is 0 Å². The highest BCUT2D eigenvalue weighted by atomic mass is 32.1. The number of benzene rings is 10. The van der Waals surface area contributed by atoms with Crippen LogP contribution in [0.15, 0.2) is 194 Å². The van der Waals surface area contributed by atoms with Crippen molar-refractivity contribution >= 4 is 97.8 Å². The zero-order valence-corrected chi connectivity index (χ0v) is 59.7. The molecule has 10 aromatic carbocycles. The second-order valence-electron chi connectivity index (χ2n) is 26.6. The van der Waals surface area contributed by atoms with Gasteiger partial charge < -0.3 is 0 Å². The van der Waals surface area contributed by atoms with Crippen LogP contribution in [0.1, 0.15) is 70.8 Å². The van der Waals surface area contributed by atoms with Gasteiger partial charge in [-0.15, -0.1) is 34.0 Å². The van der Waals surface area contributed by atoms with Crippen LogP contribution in [0.4, 0.5) is 0 Å². The SMILES string of the molecule is Cc1cc2sc(-c3c(C)cccc3C)nc2cc1-c1n(-c2ccccc2)c2ccccc2[n+]1C.Cc1cc2sc(-c3c(C)cccc3C)nc2cc1-c1n(C(C)(C)C)c2ccccc2[n+]1C.Cc1cc2sc(-c3c(C)cccc3C)nc2cc1-c1n(C)c2ccccc2[n+]1C. The number of imidazole rings is 3. The van der Waals surface area contributed by atoms with E-state index >= 15 is 0 Å². The molecule has 9 nitrogen and oxygen atoms in total. The van der Waals surface area contributed by atoms with Crippen molar-refractivity contribution in [1.29, 1.82) is 0 Å². The summed E-state index contributed by atoms with van der Waals surface area (Å²) < 4.78 is 17.7. The lowest BCUT2D eigenvalue weighted by atomic mass is 10.0. The lowest BCUT2D eigenvalue weighted by molar-refractivity contribution is -0.634. The van der Waals surface area contributed by atoms with E-state index in [4.69, 9.17) is 15.0 Å². The van der Waals surface area contributed by atoms with Gasteiger partial charge in [0.2, 0.25) is 0 Å². The molecule has 472 valence electrons. The average Bonchev–Trinajstić information content (AvgIpc) is 1.59. The molecule has 0 N–H and O–H groups in total. The molecule has 0 fully saturated rings. The second kappa shape index (κ2) is 24.6. The van der Waals surface area contributed by atoms with Gasteiger partial charge in [-0.25, -0.2) is 37.8 Å². The number of aryl methyl sites for hydroxylation is 13. The molecule has 0 aliphatic heterocycles. The Morgan fingerprint density at radius 3 is 1.07 bits per heavy atom. The largest absolute Gasteiger partial charge is 0.295 e. The van der Waals surface area contributed by atoms with Crippen LogP contribution < -0.4 is 13.7 Å². The average molecular weight is 1300 g/mol. The van der Waals surface area contributed by atoms with E-state index in [2.05, 4.69) is 333 Å². The summed E-state index contributed by atoms with van der Waals surface area (Å²) >= 11 is 5.36. The number of thiazole rings is 3. The minimum absolute atomic E-state index is 0.0525. The Balaban J connectivity index is 0.000000123. The first kappa shape index (κ1) is 62.7. The Bertz CT molecular complexity index is 5600. The van der Waals surface area contributed by atoms with Gasteiger partial charge in [-0.05, 0) is 218 Å². The molecule has 0 aliphatic rings. The Kier molecular flexibility index (Phi) is 16.2. The maximum Gasteiger partial charge on any atom is 0.295 e. The third-order valence-electron chi connectivity index (χ3n) is 19.0. The topological polar surface area (TPSA) is 65.1 Å². The van der Waals surface area contributed by atoms with Gasteiger partial charge in [-0.2, -0.15) is 4.57 Å². The molecule has 16 aromatic rings. The van der Waals surface area contributed by atoms with E-state index < -0.39 is 0 Å². The molecule has 0 amide bonds. The zero-order chi connectivity index (χ0) is 66.5. The van der Waals surface area contributed by atoms with Crippen LogP contribution >= 0.6 is 34.0 Å². The van der Waals surface area contributed by atoms with E-state index in [1.165, 1.54) is 142 Å². The maximum atomic E-state index is 5.12. The molecule has 0 unspecified atom stereocenters. The van der Waals surface area contributed by atoms with Crippen LogP contribution in [0.25, 0.3) is 135 Å².